The summed E-state index contributed by atoms with van der Waals surface area (Å²) in [6.07, 6.45) is 0. The van der Waals surface area contributed by atoms with Crippen LogP contribution in [0.15, 0.2) is 48.5 Å². The van der Waals surface area contributed by atoms with E-state index >= 15 is 0 Å². The highest BCUT2D eigenvalue weighted by molar-refractivity contribution is 5.47. The summed E-state index contributed by atoms with van der Waals surface area (Å²) in [5.41, 5.74) is 2.04. The number of hydrogen-bond acceptors (Lipinski definition) is 3. The third-order valence-electron chi connectivity index (χ3n) is 2.98. The Morgan fingerprint density at radius 2 is 2.00 bits per heavy atom. The Hall–Kier alpha value is -2.43. The summed E-state index contributed by atoms with van der Waals surface area (Å²) in [4.78, 5) is 10.4. The molecule has 0 fully saturated rings. The minimum absolute atomic E-state index is 0.265. The molecule has 5 heteroatoms. The predicted molar refractivity (Wildman–Crippen MR) is 75.8 cm³/mol. The number of rotatable bonds is 5. The quantitative estimate of drug-likeness (QED) is 0.670. The fourth-order valence-corrected chi connectivity index (χ4v) is 2.04. The van der Waals surface area contributed by atoms with Crippen molar-refractivity contribution < 1.29 is 9.31 Å². The summed E-state index contributed by atoms with van der Waals surface area (Å²) < 4.78 is 13.7. The van der Waals surface area contributed by atoms with Crippen molar-refractivity contribution in [2.24, 2.45) is 0 Å². The second-order valence-corrected chi connectivity index (χ2v) is 4.61. The lowest BCUT2D eigenvalue weighted by Gasteiger charge is -2.17. The van der Waals surface area contributed by atoms with Gasteiger partial charge in [0.15, 0.2) is 0 Å². The van der Waals surface area contributed by atoms with Gasteiger partial charge in [0, 0.05) is 4.92 Å². The maximum atomic E-state index is 13.7. The van der Waals surface area contributed by atoms with E-state index in [1.165, 1.54) is 6.07 Å². The molecular weight excluding hydrogens is 259 g/mol. The van der Waals surface area contributed by atoms with Gasteiger partial charge in [0.25, 0.3) is 0 Å². The zero-order chi connectivity index (χ0) is 14.5. The molecule has 0 aromatic heterocycles. The maximum Gasteiger partial charge on any atom is 0.227 e. The van der Waals surface area contributed by atoms with E-state index in [-0.39, 0.29) is 12.2 Å². The van der Waals surface area contributed by atoms with Crippen molar-refractivity contribution in [3.63, 3.8) is 0 Å². The molecule has 0 saturated carbocycles. The van der Waals surface area contributed by atoms with Gasteiger partial charge in [-0.15, -0.1) is 0 Å². The number of benzene rings is 2. The van der Waals surface area contributed by atoms with Gasteiger partial charge in [-0.2, -0.15) is 0 Å². The molecule has 0 bridgehead atoms. The third-order valence-corrected chi connectivity index (χ3v) is 2.98. The molecule has 0 heterocycles. The average molecular weight is 274 g/mol. The van der Waals surface area contributed by atoms with Crippen molar-refractivity contribution in [2.45, 2.75) is 13.0 Å². The van der Waals surface area contributed by atoms with E-state index in [1.54, 1.807) is 24.3 Å². The van der Waals surface area contributed by atoms with Crippen LogP contribution in [-0.4, -0.2) is 11.5 Å². The largest absolute Gasteiger partial charge is 0.370 e. The van der Waals surface area contributed by atoms with Crippen LogP contribution < -0.4 is 5.32 Å². The first-order valence-electron chi connectivity index (χ1n) is 6.25. The molecule has 0 aliphatic rings. The Balaban J connectivity index is 2.29. The molecule has 20 heavy (non-hydrogen) atoms. The molecule has 0 radical (unpaired) electrons. The van der Waals surface area contributed by atoms with Gasteiger partial charge in [0.05, 0.1) is 5.69 Å². The lowest BCUT2D eigenvalue weighted by Crippen LogP contribution is -2.21. The van der Waals surface area contributed by atoms with Gasteiger partial charge in [0.2, 0.25) is 6.54 Å². The molecule has 2 aromatic rings. The van der Waals surface area contributed by atoms with E-state index < -0.39 is 16.8 Å². The standard InChI is InChI=1S/C15H15FN2O2/c1-11-5-4-6-12(9-11)15(10-18(19)20)17-14-8-3-2-7-13(14)16/h2-9,15,17H,10H2,1H3. The highest BCUT2D eigenvalue weighted by Gasteiger charge is 2.19. The second-order valence-electron chi connectivity index (χ2n) is 4.61. The topological polar surface area (TPSA) is 55.2 Å². The molecule has 0 amide bonds. The van der Waals surface area contributed by atoms with Crippen molar-refractivity contribution in [3.05, 3.63) is 75.6 Å². The maximum absolute atomic E-state index is 13.7. The van der Waals surface area contributed by atoms with Gasteiger partial charge < -0.3 is 5.32 Å². The summed E-state index contributed by atoms with van der Waals surface area (Å²) in [6, 6.07) is 13.0. The van der Waals surface area contributed by atoms with Gasteiger partial charge in [-0.3, -0.25) is 10.1 Å². The van der Waals surface area contributed by atoms with Crippen molar-refractivity contribution in [1.82, 2.24) is 0 Å². The van der Waals surface area contributed by atoms with Crippen LogP contribution >= 0.6 is 0 Å². The van der Waals surface area contributed by atoms with Gasteiger partial charge in [-0.25, -0.2) is 4.39 Å². The van der Waals surface area contributed by atoms with Crippen LogP contribution in [0.25, 0.3) is 0 Å². The second kappa shape index (κ2) is 6.14. The Kier molecular flexibility index (Phi) is 4.30. The number of hydrogen-bond donors (Lipinski definition) is 1. The molecule has 104 valence electrons. The molecule has 0 saturated heterocycles. The Morgan fingerprint density at radius 1 is 1.25 bits per heavy atom. The average Bonchev–Trinajstić information content (AvgIpc) is 2.40. The van der Waals surface area contributed by atoms with E-state index in [4.69, 9.17) is 0 Å². The van der Waals surface area contributed by atoms with Crippen molar-refractivity contribution in [3.8, 4) is 0 Å². The number of anilines is 1. The highest BCUT2D eigenvalue weighted by Crippen LogP contribution is 2.22. The molecule has 2 aromatic carbocycles. The van der Waals surface area contributed by atoms with Gasteiger partial charge in [0.1, 0.15) is 11.9 Å². The fraction of sp³-hybridized carbons (Fsp3) is 0.200. The summed E-state index contributed by atoms with van der Waals surface area (Å²) in [6.45, 7) is 1.60. The SMILES string of the molecule is Cc1cccc(C(C[N+](=O)[O-])Nc2ccccc2F)c1. The summed E-state index contributed by atoms with van der Waals surface area (Å²) in [5, 5.41) is 13.7. The number of para-hydroxylation sites is 1. The van der Waals surface area contributed by atoms with Crippen LogP contribution in [0.5, 0.6) is 0 Å². The van der Waals surface area contributed by atoms with Gasteiger partial charge in [-0.05, 0) is 24.6 Å². The molecule has 4 nitrogen and oxygen atoms in total. The highest BCUT2D eigenvalue weighted by atomic mass is 19.1. The van der Waals surface area contributed by atoms with Gasteiger partial charge >= 0.3 is 0 Å². The monoisotopic (exact) mass is 274 g/mol. The van der Waals surface area contributed by atoms with E-state index in [1.807, 2.05) is 25.1 Å². The van der Waals surface area contributed by atoms with Crippen LogP contribution in [0.3, 0.4) is 0 Å². The Labute approximate surface area is 116 Å². The molecule has 0 aliphatic heterocycles. The van der Waals surface area contributed by atoms with E-state index in [0.717, 1.165) is 11.1 Å². The first-order valence-corrected chi connectivity index (χ1v) is 6.25. The van der Waals surface area contributed by atoms with Crippen LogP contribution in [0.4, 0.5) is 10.1 Å². The van der Waals surface area contributed by atoms with Crippen LogP contribution in [0.1, 0.15) is 17.2 Å². The Bertz CT molecular complexity index is 616. The first-order chi connectivity index (χ1) is 9.56. The smallest absolute Gasteiger partial charge is 0.227 e. The van der Waals surface area contributed by atoms with Crippen LogP contribution in [0, 0.1) is 22.9 Å². The molecule has 1 atom stereocenters. The molecule has 0 aliphatic carbocycles. The number of halogens is 1. The molecular formula is C15H15FN2O2. The summed E-state index contributed by atoms with van der Waals surface area (Å²) >= 11 is 0. The van der Waals surface area contributed by atoms with Crippen molar-refractivity contribution in [2.75, 3.05) is 11.9 Å². The van der Waals surface area contributed by atoms with Crippen LogP contribution in [-0.2, 0) is 0 Å². The zero-order valence-corrected chi connectivity index (χ0v) is 11.0. The minimum atomic E-state index is -0.568. The third kappa shape index (κ3) is 3.54. The lowest BCUT2D eigenvalue weighted by molar-refractivity contribution is -0.482. The number of nitrogens with zero attached hydrogens (tertiary/aromatic N) is 1. The van der Waals surface area contributed by atoms with Crippen LogP contribution in [0.2, 0.25) is 0 Å². The molecule has 2 rings (SSSR count). The summed E-state index contributed by atoms with van der Waals surface area (Å²) in [5.74, 6) is -0.423. The van der Waals surface area contributed by atoms with E-state index in [2.05, 4.69) is 5.32 Å². The molecule has 0 spiro atoms. The minimum Gasteiger partial charge on any atom is -0.370 e. The van der Waals surface area contributed by atoms with E-state index in [0.29, 0.717) is 0 Å². The summed E-state index contributed by atoms with van der Waals surface area (Å²) in [7, 11) is 0. The lowest BCUT2D eigenvalue weighted by atomic mass is 10.0. The zero-order valence-electron chi connectivity index (χ0n) is 11.0. The van der Waals surface area contributed by atoms with Gasteiger partial charge in [-0.1, -0.05) is 42.0 Å². The number of aryl methyl sites for hydroxylation is 1. The Morgan fingerprint density at radius 3 is 2.65 bits per heavy atom. The number of nitro groups is 1. The van der Waals surface area contributed by atoms with Crippen molar-refractivity contribution >= 4 is 5.69 Å². The number of nitrogens with one attached hydrogen (secondary N) is 1. The van der Waals surface area contributed by atoms with E-state index in [9.17, 15) is 14.5 Å². The normalized spacial score (nSPS) is 11.9. The predicted octanol–water partition coefficient (Wildman–Crippen LogP) is 3.56. The van der Waals surface area contributed by atoms with Crippen molar-refractivity contribution in [1.29, 1.82) is 0 Å². The molecule has 1 unspecified atom stereocenters. The fourth-order valence-electron chi connectivity index (χ4n) is 2.04. The molecule has 1 N–H and O–H groups in total. The first kappa shape index (κ1) is 14.0.